The van der Waals surface area contributed by atoms with Crippen LogP contribution in [-0.4, -0.2) is 38.7 Å². The molecule has 0 radical (unpaired) electrons. The van der Waals surface area contributed by atoms with Crippen LogP contribution < -0.4 is 4.74 Å². The summed E-state index contributed by atoms with van der Waals surface area (Å²) in [5.41, 5.74) is 0.843. The van der Waals surface area contributed by atoms with Gasteiger partial charge in [0.25, 0.3) is 0 Å². The van der Waals surface area contributed by atoms with Crippen LogP contribution in [-0.2, 0) is 4.79 Å². The minimum Gasteiger partial charge on any atom is -0.495 e. The number of benzene rings is 1. The van der Waals surface area contributed by atoms with Crippen molar-refractivity contribution in [1.29, 1.82) is 0 Å². The second-order valence-corrected chi connectivity index (χ2v) is 5.09. The van der Waals surface area contributed by atoms with E-state index >= 15 is 0 Å². The molecule has 0 amide bonds. The lowest BCUT2D eigenvalue weighted by atomic mass is 10.3. The number of methoxy groups -OCH3 is 1. The zero-order valence-corrected chi connectivity index (χ0v) is 12.1. The fourth-order valence-corrected chi connectivity index (χ4v) is 2.68. The van der Waals surface area contributed by atoms with Gasteiger partial charge in [-0.05, 0) is 19.1 Å². The normalized spacial score (nSPS) is 10.5. The Morgan fingerprint density at radius 2 is 2.15 bits per heavy atom. The summed E-state index contributed by atoms with van der Waals surface area (Å²) in [6, 6.07) is 7.57. The number of hydrogen-bond acceptors (Lipinski definition) is 5. The molecule has 1 heterocycles. The van der Waals surface area contributed by atoms with Crippen molar-refractivity contribution in [2.75, 3.05) is 12.9 Å². The van der Waals surface area contributed by atoms with Gasteiger partial charge in [0.1, 0.15) is 11.6 Å². The zero-order chi connectivity index (χ0) is 14.5. The second kappa shape index (κ2) is 6.42. The van der Waals surface area contributed by atoms with Gasteiger partial charge in [-0.15, -0.1) is 10.2 Å². The largest absolute Gasteiger partial charge is 0.495 e. The first-order valence-corrected chi connectivity index (χ1v) is 7.02. The Balaban J connectivity index is 2.31. The minimum atomic E-state index is -0.822. The molecule has 0 fully saturated rings. The predicted octanol–water partition coefficient (Wildman–Crippen LogP) is 2.15. The van der Waals surface area contributed by atoms with E-state index in [0.717, 1.165) is 17.3 Å². The summed E-state index contributed by atoms with van der Waals surface area (Å²) in [6.07, 6.45) is 0.0858. The molecule has 7 heteroatoms. The van der Waals surface area contributed by atoms with Crippen LogP contribution >= 0.6 is 11.8 Å². The van der Waals surface area contributed by atoms with E-state index in [2.05, 4.69) is 10.2 Å². The van der Waals surface area contributed by atoms with Crippen molar-refractivity contribution in [2.45, 2.75) is 18.5 Å². The van der Waals surface area contributed by atoms with Crippen molar-refractivity contribution < 1.29 is 14.6 Å². The number of aliphatic carboxylic acids is 1. The van der Waals surface area contributed by atoms with E-state index < -0.39 is 5.97 Å². The number of ether oxygens (including phenoxy) is 1. The summed E-state index contributed by atoms with van der Waals surface area (Å²) in [4.78, 5) is 10.6. The maximum absolute atomic E-state index is 10.6. The van der Waals surface area contributed by atoms with E-state index in [1.165, 1.54) is 11.8 Å². The first kappa shape index (κ1) is 14.4. The highest BCUT2D eigenvalue weighted by Crippen LogP contribution is 2.28. The molecule has 2 aromatic rings. The summed E-state index contributed by atoms with van der Waals surface area (Å²) in [7, 11) is 1.61. The van der Waals surface area contributed by atoms with Gasteiger partial charge in [-0.3, -0.25) is 9.36 Å². The molecule has 1 aromatic carbocycles. The van der Waals surface area contributed by atoms with Crippen LogP contribution in [0.1, 0.15) is 12.2 Å². The molecule has 2 rings (SSSR count). The van der Waals surface area contributed by atoms with Crippen LogP contribution in [0.4, 0.5) is 0 Å². The Morgan fingerprint density at radius 1 is 1.40 bits per heavy atom. The molecule has 0 bridgehead atoms. The molecule has 0 spiro atoms. The Kier molecular flexibility index (Phi) is 4.62. The van der Waals surface area contributed by atoms with Gasteiger partial charge in [0.2, 0.25) is 0 Å². The second-order valence-electron chi connectivity index (χ2n) is 4.03. The molecule has 0 unspecified atom stereocenters. The van der Waals surface area contributed by atoms with Gasteiger partial charge in [-0.25, -0.2) is 0 Å². The van der Waals surface area contributed by atoms with Crippen molar-refractivity contribution in [1.82, 2.24) is 14.8 Å². The quantitative estimate of drug-likeness (QED) is 0.822. The Morgan fingerprint density at radius 3 is 2.85 bits per heavy atom. The first-order chi connectivity index (χ1) is 9.63. The summed E-state index contributed by atoms with van der Waals surface area (Å²) in [5.74, 6) is 1.07. The monoisotopic (exact) mass is 293 g/mol. The van der Waals surface area contributed by atoms with E-state index in [-0.39, 0.29) is 6.42 Å². The number of carboxylic acids is 1. The van der Waals surface area contributed by atoms with Gasteiger partial charge in [0, 0.05) is 5.75 Å². The van der Waals surface area contributed by atoms with E-state index in [9.17, 15) is 4.79 Å². The van der Waals surface area contributed by atoms with E-state index in [1.807, 2.05) is 35.8 Å². The number of aryl methyl sites for hydroxylation is 1. The molecular formula is C13H15N3O3S. The first-order valence-electron chi connectivity index (χ1n) is 6.03. The lowest BCUT2D eigenvalue weighted by molar-refractivity contribution is -0.136. The maximum atomic E-state index is 10.6. The molecule has 0 aliphatic carbocycles. The maximum Gasteiger partial charge on any atom is 0.304 e. The Bertz CT molecular complexity index is 613. The Labute approximate surface area is 120 Å². The molecule has 0 aliphatic rings. The number of nitrogens with zero attached hydrogens (tertiary/aromatic N) is 3. The van der Waals surface area contributed by atoms with Gasteiger partial charge in [-0.1, -0.05) is 23.9 Å². The molecule has 0 aliphatic heterocycles. The van der Waals surface area contributed by atoms with Crippen molar-refractivity contribution in [3.63, 3.8) is 0 Å². The van der Waals surface area contributed by atoms with Gasteiger partial charge in [0.05, 0.1) is 19.2 Å². The van der Waals surface area contributed by atoms with E-state index in [1.54, 1.807) is 7.11 Å². The molecule has 0 saturated carbocycles. The van der Waals surface area contributed by atoms with Gasteiger partial charge in [-0.2, -0.15) is 0 Å². The molecule has 0 atom stereocenters. The van der Waals surface area contributed by atoms with Crippen LogP contribution in [0.15, 0.2) is 29.4 Å². The highest BCUT2D eigenvalue weighted by atomic mass is 32.2. The van der Waals surface area contributed by atoms with Crippen molar-refractivity contribution >= 4 is 17.7 Å². The fourth-order valence-electron chi connectivity index (χ4n) is 1.76. The summed E-state index contributed by atoms with van der Waals surface area (Å²) in [5, 5.41) is 17.5. The summed E-state index contributed by atoms with van der Waals surface area (Å²) < 4.78 is 7.21. The third-order valence-corrected chi connectivity index (χ3v) is 3.60. The van der Waals surface area contributed by atoms with E-state index in [0.29, 0.717) is 10.9 Å². The van der Waals surface area contributed by atoms with Crippen LogP contribution in [0.25, 0.3) is 5.69 Å². The highest BCUT2D eigenvalue weighted by Gasteiger charge is 2.14. The average molecular weight is 293 g/mol. The number of aromatic nitrogens is 3. The van der Waals surface area contributed by atoms with Crippen LogP contribution in [0, 0.1) is 6.92 Å². The average Bonchev–Trinajstić information content (AvgIpc) is 2.79. The van der Waals surface area contributed by atoms with Gasteiger partial charge in [0.15, 0.2) is 5.16 Å². The van der Waals surface area contributed by atoms with Crippen molar-refractivity contribution in [2.24, 2.45) is 0 Å². The number of thioether (sulfide) groups is 1. The van der Waals surface area contributed by atoms with Crippen LogP contribution in [0.2, 0.25) is 0 Å². The molecule has 0 saturated heterocycles. The van der Waals surface area contributed by atoms with Crippen LogP contribution in [0.3, 0.4) is 0 Å². The minimum absolute atomic E-state index is 0.0858. The van der Waals surface area contributed by atoms with E-state index in [4.69, 9.17) is 9.84 Å². The molecular weight excluding hydrogens is 278 g/mol. The third kappa shape index (κ3) is 3.11. The number of carboxylic acid groups (broad SMARTS) is 1. The molecule has 1 N–H and O–H groups in total. The molecule has 6 nitrogen and oxygen atoms in total. The topological polar surface area (TPSA) is 77.2 Å². The number of hydrogen-bond donors (Lipinski definition) is 1. The SMILES string of the molecule is COc1ccccc1-n1c(C)nnc1SCCC(=O)O. The molecule has 106 valence electrons. The predicted molar refractivity (Wildman–Crippen MR) is 75.6 cm³/mol. The van der Waals surface area contributed by atoms with Crippen molar-refractivity contribution in [3.8, 4) is 11.4 Å². The van der Waals surface area contributed by atoms with Crippen LogP contribution in [0.5, 0.6) is 5.75 Å². The van der Waals surface area contributed by atoms with Gasteiger partial charge < -0.3 is 9.84 Å². The number of para-hydroxylation sites is 2. The lowest BCUT2D eigenvalue weighted by Gasteiger charge is -2.12. The zero-order valence-electron chi connectivity index (χ0n) is 11.2. The number of rotatable bonds is 6. The highest BCUT2D eigenvalue weighted by molar-refractivity contribution is 7.99. The van der Waals surface area contributed by atoms with Crippen molar-refractivity contribution in [3.05, 3.63) is 30.1 Å². The molecule has 1 aromatic heterocycles. The van der Waals surface area contributed by atoms with Gasteiger partial charge >= 0.3 is 5.97 Å². The standard InChI is InChI=1S/C13H15N3O3S/c1-9-14-15-13(20-8-7-12(17)18)16(9)10-5-3-4-6-11(10)19-2/h3-6H,7-8H2,1-2H3,(H,17,18). The lowest BCUT2D eigenvalue weighted by Crippen LogP contribution is -2.03. The summed E-state index contributed by atoms with van der Waals surface area (Å²) in [6.45, 7) is 1.85. The fraction of sp³-hybridized carbons (Fsp3) is 0.308. The smallest absolute Gasteiger partial charge is 0.304 e. The third-order valence-electron chi connectivity index (χ3n) is 2.67. The summed E-state index contributed by atoms with van der Waals surface area (Å²) >= 11 is 1.36. The molecule has 20 heavy (non-hydrogen) atoms. The number of carbonyl (C=O) groups is 1. The Hall–Kier alpha value is -2.02.